The van der Waals surface area contributed by atoms with Crippen LogP contribution in [0.1, 0.15) is 30.9 Å². The van der Waals surface area contributed by atoms with E-state index in [0.717, 1.165) is 17.7 Å². The molecule has 0 aromatic heterocycles. The van der Waals surface area contributed by atoms with Crippen LogP contribution in [0.5, 0.6) is 17.2 Å². The summed E-state index contributed by atoms with van der Waals surface area (Å²) in [5, 5.41) is 0. The summed E-state index contributed by atoms with van der Waals surface area (Å²) in [7, 11) is 0. The predicted molar refractivity (Wildman–Crippen MR) is 115 cm³/mol. The Morgan fingerprint density at radius 1 is 0.966 bits per heavy atom. The quantitative estimate of drug-likeness (QED) is 0.411. The largest absolute Gasteiger partial charge is 0.494 e. The van der Waals surface area contributed by atoms with Crippen LogP contribution in [0.2, 0.25) is 0 Å². The lowest BCUT2D eigenvalue weighted by atomic mass is 9.98. The fraction of sp³-hybridized carbons (Fsp3) is 0.231. The monoisotopic (exact) mass is 388 g/mol. The number of ether oxygens (including phenoxy) is 2. The predicted octanol–water partition coefficient (Wildman–Crippen LogP) is 7.05. The molecule has 3 heteroatoms. The first-order valence-electron chi connectivity index (χ1n) is 10.2. The zero-order valence-electron chi connectivity index (χ0n) is 16.6. The molecule has 3 aromatic rings. The second-order valence-electron chi connectivity index (χ2n) is 7.28. The maximum atomic E-state index is 14.2. The Morgan fingerprint density at radius 2 is 1.72 bits per heavy atom. The van der Waals surface area contributed by atoms with Gasteiger partial charge in [-0.3, -0.25) is 0 Å². The fourth-order valence-corrected chi connectivity index (χ4v) is 3.42. The summed E-state index contributed by atoms with van der Waals surface area (Å²) >= 11 is 0. The molecular weight excluding hydrogens is 363 g/mol. The molecule has 0 saturated heterocycles. The van der Waals surface area contributed by atoms with Crippen molar-refractivity contribution >= 4 is 5.57 Å². The van der Waals surface area contributed by atoms with Crippen LogP contribution in [0.3, 0.4) is 0 Å². The van der Waals surface area contributed by atoms with Gasteiger partial charge in [0.2, 0.25) is 0 Å². The molecule has 1 aliphatic rings. The molecule has 3 aromatic carbocycles. The molecule has 0 amide bonds. The molecule has 1 fully saturated rings. The average Bonchev–Trinajstić information content (AvgIpc) is 3.58. The number of hydrogen-bond acceptors (Lipinski definition) is 2. The van der Waals surface area contributed by atoms with E-state index in [9.17, 15) is 4.39 Å². The highest BCUT2D eigenvalue weighted by atomic mass is 19.1. The first-order chi connectivity index (χ1) is 14.2. The van der Waals surface area contributed by atoms with Gasteiger partial charge in [-0.05, 0) is 85.2 Å². The van der Waals surface area contributed by atoms with E-state index in [4.69, 9.17) is 9.47 Å². The van der Waals surface area contributed by atoms with E-state index >= 15 is 0 Å². The van der Waals surface area contributed by atoms with Crippen LogP contribution in [0.25, 0.3) is 5.57 Å². The Hall–Kier alpha value is -3.07. The Balaban J connectivity index is 1.52. The molecular formula is C26H25FO2. The lowest BCUT2D eigenvalue weighted by Gasteiger charge is -2.10. The van der Waals surface area contributed by atoms with Crippen molar-refractivity contribution in [3.63, 3.8) is 0 Å². The van der Waals surface area contributed by atoms with Gasteiger partial charge in [-0.25, -0.2) is 4.39 Å². The zero-order chi connectivity index (χ0) is 20.1. The molecule has 0 heterocycles. The highest BCUT2D eigenvalue weighted by Crippen LogP contribution is 2.42. The van der Waals surface area contributed by atoms with Crippen molar-refractivity contribution in [2.24, 2.45) is 5.92 Å². The molecule has 4 rings (SSSR count). The summed E-state index contributed by atoms with van der Waals surface area (Å²) in [4.78, 5) is 0. The minimum absolute atomic E-state index is 0.260. The highest BCUT2D eigenvalue weighted by molar-refractivity contribution is 5.70. The van der Waals surface area contributed by atoms with Crippen molar-refractivity contribution < 1.29 is 13.9 Å². The van der Waals surface area contributed by atoms with Gasteiger partial charge in [-0.15, -0.1) is 0 Å². The molecule has 0 spiro atoms. The van der Waals surface area contributed by atoms with Crippen LogP contribution in [0.15, 0.2) is 78.9 Å². The van der Waals surface area contributed by atoms with Crippen molar-refractivity contribution in [1.29, 1.82) is 0 Å². The SMILES string of the molecule is CCOc1ccc(/C(=C/Cc2ccc(F)c(Oc3ccccc3)c2)C2CC2)cc1. The summed E-state index contributed by atoms with van der Waals surface area (Å²) in [6, 6.07) is 22.7. The van der Waals surface area contributed by atoms with Crippen molar-refractivity contribution in [1.82, 2.24) is 0 Å². The van der Waals surface area contributed by atoms with E-state index in [1.54, 1.807) is 6.07 Å². The molecule has 0 aliphatic heterocycles. The molecule has 1 aliphatic carbocycles. The number of hydrogen-bond donors (Lipinski definition) is 0. The zero-order valence-corrected chi connectivity index (χ0v) is 16.6. The Bertz CT molecular complexity index is 973. The maximum absolute atomic E-state index is 14.2. The van der Waals surface area contributed by atoms with E-state index < -0.39 is 0 Å². The van der Waals surface area contributed by atoms with Crippen molar-refractivity contribution in [3.05, 3.63) is 95.8 Å². The van der Waals surface area contributed by atoms with Gasteiger partial charge in [0.25, 0.3) is 0 Å². The van der Waals surface area contributed by atoms with Crippen molar-refractivity contribution in [3.8, 4) is 17.2 Å². The average molecular weight is 388 g/mol. The summed E-state index contributed by atoms with van der Waals surface area (Å²) in [5.41, 5.74) is 3.63. The van der Waals surface area contributed by atoms with Gasteiger partial charge in [0.1, 0.15) is 11.5 Å². The van der Waals surface area contributed by atoms with Gasteiger partial charge in [0.15, 0.2) is 11.6 Å². The van der Waals surface area contributed by atoms with Crippen molar-refractivity contribution in [2.75, 3.05) is 6.61 Å². The van der Waals surface area contributed by atoms with Gasteiger partial charge >= 0.3 is 0 Å². The van der Waals surface area contributed by atoms with Crippen molar-refractivity contribution in [2.45, 2.75) is 26.2 Å². The van der Waals surface area contributed by atoms with E-state index in [2.05, 4.69) is 18.2 Å². The van der Waals surface area contributed by atoms with Crippen LogP contribution >= 0.6 is 0 Å². The molecule has 0 radical (unpaired) electrons. The third-order valence-electron chi connectivity index (χ3n) is 5.04. The number of para-hydroxylation sites is 1. The Kier molecular flexibility index (Phi) is 5.95. The molecule has 148 valence electrons. The standard InChI is InChI=1S/C26H25FO2/c1-2-28-22-14-12-21(13-15-22)24(20-10-11-20)16-8-19-9-17-25(27)26(18-19)29-23-6-4-3-5-7-23/h3-7,9,12-18,20H,2,8,10-11H2,1H3/b24-16+. The van der Waals surface area contributed by atoms with E-state index in [0.29, 0.717) is 18.3 Å². The molecule has 0 N–H and O–H groups in total. The van der Waals surface area contributed by atoms with Crippen LogP contribution < -0.4 is 9.47 Å². The summed E-state index contributed by atoms with van der Waals surface area (Å²) in [5.74, 6) is 2.06. The first-order valence-corrected chi connectivity index (χ1v) is 10.2. The second kappa shape index (κ2) is 8.95. The third kappa shape index (κ3) is 5.05. The third-order valence-corrected chi connectivity index (χ3v) is 5.04. The van der Waals surface area contributed by atoms with E-state index in [-0.39, 0.29) is 11.6 Å². The summed E-state index contributed by atoms with van der Waals surface area (Å²) in [6.45, 7) is 2.66. The molecule has 29 heavy (non-hydrogen) atoms. The second-order valence-corrected chi connectivity index (χ2v) is 7.28. The van der Waals surface area contributed by atoms with Crippen LogP contribution in [-0.2, 0) is 6.42 Å². The maximum Gasteiger partial charge on any atom is 0.165 e. The van der Waals surface area contributed by atoms with Crippen LogP contribution in [0, 0.1) is 11.7 Å². The lowest BCUT2D eigenvalue weighted by molar-refractivity contribution is 0.340. The van der Waals surface area contributed by atoms with Gasteiger partial charge in [0, 0.05) is 0 Å². The molecule has 0 bridgehead atoms. The fourth-order valence-electron chi connectivity index (χ4n) is 3.42. The minimum Gasteiger partial charge on any atom is -0.494 e. The smallest absolute Gasteiger partial charge is 0.165 e. The lowest BCUT2D eigenvalue weighted by Crippen LogP contribution is -1.94. The van der Waals surface area contributed by atoms with Gasteiger partial charge < -0.3 is 9.47 Å². The van der Waals surface area contributed by atoms with Gasteiger partial charge in [-0.2, -0.15) is 0 Å². The van der Waals surface area contributed by atoms with Crippen LogP contribution in [-0.4, -0.2) is 6.61 Å². The highest BCUT2D eigenvalue weighted by Gasteiger charge is 2.26. The molecule has 0 atom stereocenters. The first kappa shape index (κ1) is 19.3. The number of rotatable bonds is 8. The summed E-state index contributed by atoms with van der Waals surface area (Å²) in [6.07, 6.45) is 5.47. The molecule has 0 unspecified atom stereocenters. The van der Waals surface area contributed by atoms with Gasteiger partial charge in [0.05, 0.1) is 6.61 Å². The van der Waals surface area contributed by atoms with Gasteiger partial charge in [-0.1, -0.05) is 42.5 Å². The van der Waals surface area contributed by atoms with E-state index in [1.807, 2.05) is 55.5 Å². The Labute approximate surface area is 171 Å². The normalized spacial score (nSPS) is 13.9. The Morgan fingerprint density at radius 3 is 2.41 bits per heavy atom. The number of halogens is 1. The molecule has 1 saturated carbocycles. The number of allylic oxidation sites excluding steroid dienone is 2. The van der Waals surface area contributed by atoms with Crippen LogP contribution in [0.4, 0.5) is 4.39 Å². The minimum atomic E-state index is -0.351. The van der Waals surface area contributed by atoms with E-state index in [1.165, 1.54) is 30.0 Å². The topological polar surface area (TPSA) is 18.5 Å². The number of benzene rings is 3. The molecule has 2 nitrogen and oxygen atoms in total. The summed E-state index contributed by atoms with van der Waals surface area (Å²) < 4.78 is 25.5.